The smallest absolute Gasteiger partial charge is 0.106 e. The highest BCUT2D eigenvalue weighted by atomic mass is 79.9. The number of rotatable bonds is 3. The SMILES string of the molecule is CC1(C)CC(NCc2cccc(Br)n2)CCO1. The minimum absolute atomic E-state index is 0.000612. The van der Waals surface area contributed by atoms with Crippen molar-refractivity contribution in [2.24, 2.45) is 0 Å². The van der Waals surface area contributed by atoms with Crippen molar-refractivity contribution >= 4 is 15.9 Å². The molecular weight excluding hydrogens is 280 g/mol. The second-order valence-corrected chi connectivity index (χ2v) is 5.94. The first-order valence-corrected chi connectivity index (χ1v) is 6.83. The van der Waals surface area contributed by atoms with Gasteiger partial charge in [-0.25, -0.2) is 4.98 Å². The Morgan fingerprint density at radius 3 is 3.06 bits per heavy atom. The third kappa shape index (κ3) is 4.05. The quantitative estimate of drug-likeness (QED) is 0.872. The van der Waals surface area contributed by atoms with Gasteiger partial charge in [-0.2, -0.15) is 0 Å². The molecule has 94 valence electrons. The minimum Gasteiger partial charge on any atom is -0.375 e. The molecule has 0 aliphatic carbocycles. The number of nitrogens with one attached hydrogen (secondary N) is 1. The Bertz CT molecular complexity index is 381. The van der Waals surface area contributed by atoms with Gasteiger partial charge in [-0.15, -0.1) is 0 Å². The van der Waals surface area contributed by atoms with Crippen molar-refractivity contribution in [2.75, 3.05) is 6.61 Å². The number of aromatic nitrogens is 1. The fourth-order valence-corrected chi connectivity index (χ4v) is 2.58. The van der Waals surface area contributed by atoms with E-state index in [1.165, 1.54) is 0 Å². The summed E-state index contributed by atoms with van der Waals surface area (Å²) in [5.41, 5.74) is 1.07. The molecule has 1 saturated heterocycles. The van der Waals surface area contributed by atoms with Gasteiger partial charge in [0, 0.05) is 19.2 Å². The van der Waals surface area contributed by atoms with Gasteiger partial charge in [0.15, 0.2) is 0 Å². The maximum absolute atomic E-state index is 5.70. The van der Waals surface area contributed by atoms with Crippen molar-refractivity contribution < 1.29 is 4.74 Å². The molecular formula is C13H19BrN2O. The zero-order chi connectivity index (χ0) is 12.3. The zero-order valence-corrected chi connectivity index (χ0v) is 12.0. The van der Waals surface area contributed by atoms with Crippen LogP contribution in [-0.2, 0) is 11.3 Å². The lowest BCUT2D eigenvalue weighted by Gasteiger charge is -2.35. The summed E-state index contributed by atoms with van der Waals surface area (Å²) in [5.74, 6) is 0. The van der Waals surface area contributed by atoms with E-state index in [1.54, 1.807) is 0 Å². The number of nitrogens with zero attached hydrogens (tertiary/aromatic N) is 1. The van der Waals surface area contributed by atoms with Crippen molar-refractivity contribution in [1.29, 1.82) is 0 Å². The Morgan fingerprint density at radius 2 is 2.35 bits per heavy atom. The van der Waals surface area contributed by atoms with E-state index in [9.17, 15) is 0 Å². The van der Waals surface area contributed by atoms with Gasteiger partial charge in [-0.3, -0.25) is 0 Å². The van der Waals surface area contributed by atoms with Crippen molar-refractivity contribution in [3.63, 3.8) is 0 Å². The van der Waals surface area contributed by atoms with Crippen LogP contribution in [0.1, 0.15) is 32.4 Å². The molecule has 1 aliphatic heterocycles. The molecule has 0 spiro atoms. The zero-order valence-electron chi connectivity index (χ0n) is 10.4. The molecule has 0 bridgehead atoms. The Kier molecular flexibility index (Phi) is 4.17. The fraction of sp³-hybridized carbons (Fsp3) is 0.615. The standard InChI is InChI=1S/C13H19BrN2O/c1-13(2)8-10(6-7-17-13)15-9-11-4-3-5-12(14)16-11/h3-5,10,15H,6-9H2,1-2H3. The molecule has 0 saturated carbocycles. The van der Waals surface area contributed by atoms with E-state index in [-0.39, 0.29) is 5.60 Å². The number of hydrogen-bond acceptors (Lipinski definition) is 3. The normalized spacial score (nSPS) is 23.6. The van der Waals surface area contributed by atoms with Gasteiger partial charge in [0.2, 0.25) is 0 Å². The van der Waals surface area contributed by atoms with E-state index >= 15 is 0 Å². The summed E-state index contributed by atoms with van der Waals surface area (Å²) >= 11 is 3.39. The van der Waals surface area contributed by atoms with E-state index in [2.05, 4.69) is 40.1 Å². The van der Waals surface area contributed by atoms with Gasteiger partial charge in [0.1, 0.15) is 4.60 Å². The van der Waals surface area contributed by atoms with E-state index in [4.69, 9.17) is 4.74 Å². The molecule has 1 unspecified atom stereocenters. The fourth-order valence-electron chi connectivity index (χ4n) is 2.20. The van der Waals surface area contributed by atoms with E-state index in [0.29, 0.717) is 6.04 Å². The Balaban J connectivity index is 1.86. The summed E-state index contributed by atoms with van der Waals surface area (Å²) in [6.07, 6.45) is 2.14. The van der Waals surface area contributed by atoms with E-state index in [1.807, 2.05) is 18.2 Å². The summed E-state index contributed by atoms with van der Waals surface area (Å²) in [6.45, 7) is 5.97. The van der Waals surface area contributed by atoms with Crippen molar-refractivity contribution in [2.45, 2.75) is 44.9 Å². The highest BCUT2D eigenvalue weighted by molar-refractivity contribution is 9.10. The Labute approximate surface area is 111 Å². The van der Waals surface area contributed by atoms with Crippen LogP contribution < -0.4 is 5.32 Å². The molecule has 2 heterocycles. The highest BCUT2D eigenvalue weighted by Gasteiger charge is 2.28. The van der Waals surface area contributed by atoms with Gasteiger partial charge >= 0.3 is 0 Å². The number of halogens is 1. The first-order valence-electron chi connectivity index (χ1n) is 6.04. The summed E-state index contributed by atoms with van der Waals surface area (Å²) < 4.78 is 6.60. The predicted octanol–water partition coefficient (Wildman–Crippen LogP) is 2.89. The lowest BCUT2D eigenvalue weighted by Crippen LogP contribution is -2.43. The van der Waals surface area contributed by atoms with Gasteiger partial charge in [-0.05, 0) is 54.8 Å². The van der Waals surface area contributed by atoms with Crippen LogP contribution in [0.2, 0.25) is 0 Å². The van der Waals surface area contributed by atoms with Crippen LogP contribution in [0, 0.1) is 0 Å². The minimum atomic E-state index is 0.000612. The largest absolute Gasteiger partial charge is 0.375 e. The molecule has 1 N–H and O–H groups in total. The highest BCUT2D eigenvalue weighted by Crippen LogP contribution is 2.24. The molecule has 1 fully saturated rings. The van der Waals surface area contributed by atoms with Crippen molar-refractivity contribution in [3.8, 4) is 0 Å². The monoisotopic (exact) mass is 298 g/mol. The second-order valence-electron chi connectivity index (χ2n) is 5.13. The Morgan fingerprint density at radius 1 is 1.53 bits per heavy atom. The molecule has 2 rings (SSSR count). The van der Waals surface area contributed by atoms with Gasteiger partial charge < -0.3 is 10.1 Å². The number of hydrogen-bond donors (Lipinski definition) is 1. The molecule has 1 aromatic heterocycles. The average Bonchev–Trinajstić information content (AvgIpc) is 2.25. The summed E-state index contributed by atoms with van der Waals surface area (Å²) in [4.78, 5) is 4.42. The predicted molar refractivity (Wildman–Crippen MR) is 71.8 cm³/mol. The molecule has 17 heavy (non-hydrogen) atoms. The Hall–Kier alpha value is -0.450. The molecule has 0 radical (unpaired) electrons. The number of ether oxygens (including phenoxy) is 1. The van der Waals surface area contributed by atoms with Crippen LogP contribution in [0.25, 0.3) is 0 Å². The summed E-state index contributed by atoms with van der Waals surface area (Å²) in [7, 11) is 0. The first-order chi connectivity index (χ1) is 8.05. The molecule has 0 amide bonds. The van der Waals surface area contributed by atoms with E-state index in [0.717, 1.165) is 36.3 Å². The van der Waals surface area contributed by atoms with E-state index < -0.39 is 0 Å². The van der Waals surface area contributed by atoms with Crippen molar-refractivity contribution in [1.82, 2.24) is 10.3 Å². The lowest BCUT2D eigenvalue weighted by atomic mass is 9.94. The topological polar surface area (TPSA) is 34.2 Å². The van der Waals surface area contributed by atoms with Crippen molar-refractivity contribution in [3.05, 3.63) is 28.5 Å². The third-order valence-electron chi connectivity index (χ3n) is 3.04. The molecule has 1 aliphatic rings. The van der Waals surface area contributed by atoms with Gasteiger partial charge in [0.05, 0.1) is 11.3 Å². The summed E-state index contributed by atoms with van der Waals surface area (Å²) in [5, 5.41) is 3.56. The van der Waals surface area contributed by atoms with Gasteiger partial charge in [0.25, 0.3) is 0 Å². The molecule has 4 heteroatoms. The average molecular weight is 299 g/mol. The molecule has 1 aromatic rings. The summed E-state index contributed by atoms with van der Waals surface area (Å²) in [6, 6.07) is 6.53. The van der Waals surface area contributed by atoms with Gasteiger partial charge in [-0.1, -0.05) is 6.07 Å². The van der Waals surface area contributed by atoms with Crippen LogP contribution in [0.5, 0.6) is 0 Å². The molecule has 1 atom stereocenters. The van der Waals surface area contributed by atoms with Crippen LogP contribution in [0.3, 0.4) is 0 Å². The number of pyridine rings is 1. The second kappa shape index (κ2) is 5.46. The van der Waals surface area contributed by atoms with Crippen LogP contribution in [0.4, 0.5) is 0 Å². The van der Waals surface area contributed by atoms with Crippen LogP contribution in [-0.4, -0.2) is 23.2 Å². The lowest BCUT2D eigenvalue weighted by molar-refractivity contribution is -0.0631. The van der Waals surface area contributed by atoms with Crippen LogP contribution in [0.15, 0.2) is 22.8 Å². The maximum Gasteiger partial charge on any atom is 0.106 e. The third-order valence-corrected chi connectivity index (χ3v) is 3.48. The maximum atomic E-state index is 5.70. The first kappa shape index (κ1) is 13.0. The molecule has 3 nitrogen and oxygen atoms in total. The molecule has 0 aromatic carbocycles. The van der Waals surface area contributed by atoms with Crippen LogP contribution >= 0.6 is 15.9 Å².